The van der Waals surface area contributed by atoms with Gasteiger partial charge >= 0.3 is 0 Å². The molecule has 0 unspecified atom stereocenters. The van der Waals surface area contributed by atoms with Crippen molar-refractivity contribution in [3.8, 4) is 23.0 Å². The number of nitrogens with zero attached hydrogens (tertiary/aromatic N) is 1. The predicted molar refractivity (Wildman–Crippen MR) is 115 cm³/mol. The maximum Gasteiger partial charge on any atom is 0.201 e. The third kappa shape index (κ3) is 5.05. The number of nitrogens with two attached hydrogens (primary N) is 1. The van der Waals surface area contributed by atoms with Gasteiger partial charge in [-0.15, -0.1) is 0 Å². The van der Waals surface area contributed by atoms with Crippen molar-refractivity contribution in [2.75, 3.05) is 5.01 Å². The normalized spacial score (nSPS) is 10.7. The first-order valence-corrected chi connectivity index (χ1v) is 9.66. The van der Waals surface area contributed by atoms with Gasteiger partial charge in [-0.05, 0) is 72.8 Å². The second-order valence-corrected chi connectivity index (χ2v) is 6.78. The summed E-state index contributed by atoms with van der Waals surface area (Å²) < 4.78 is 64.5. The quantitative estimate of drug-likeness (QED) is 0.193. The van der Waals surface area contributed by atoms with Crippen LogP contribution in [0.15, 0.2) is 84.9 Å². The van der Waals surface area contributed by atoms with Gasteiger partial charge in [-0.25, -0.2) is 13.2 Å². The summed E-state index contributed by atoms with van der Waals surface area (Å²) in [5.74, 6) is 2.27. The van der Waals surface area contributed by atoms with Crippen LogP contribution in [-0.4, -0.2) is 0 Å². The van der Waals surface area contributed by atoms with Crippen molar-refractivity contribution in [2.45, 2.75) is 0 Å². The Morgan fingerprint density at radius 1 is 0.606 bits per heavy atom. The number of rotatable bonds is 7. The average Bonchev–Trinajstić information content (AvgIpc) is 2.82. The number of halogens is 4. The second kappa shape index (κ2) is 9.60. The van der Waals surface area contributed by atoms with Crippen molar-refractivity contribution >= 4 is 11.4 Å². The van der Waals surface area contributed by atoms with Gasteiger partial charge in [0.15, 0.2) is 23.2 Å². The number of ether oxygens (including phenoxy) is 2. The molecule has 168 valence electrons. The van der Waals surface area contributed by atoms with E-state index in [1.165, 1.54) is 18.2 Å². The van der Waals surface area contributed by atoms with Crippen LogP contribution in [0.2, 0.25) is 0 Å². The lowest BCUT2D eigenvalue weighted by Gasteiger charge is -2.23. The summed E-state index contributed by atoms with van der Waals surface area (Å²) in [6, 6.07) is 20.1. The second-order valence-electron chi connectivity index (χ2n) is 6.78. The monoisotopic (exact) mass is 455 g/mol. The molecule has 0 aliphatic carbocycles. The van der Waals surface area contributed by atoms with Crippen molar-refractivity contribution in [1.82, 2.24) is 5.53 Å². The average molecular weight is 455 g/mol. The van der Waals surface area contributed by atoms with E-state index < -0.39 is 23.3 Å². The summed E-state index contributed by atoms with van der Waals surface area (Å²) in [5.41, 5.74) is 3.82. The van der Waals surface area contributed by atoms with Crippen LogP contribution in [0.1, 0.15) is 0 Å². The molecule has 0 saturated carbocycles. The molecule has 0 bridgehead atoms. The fourth-order valence-corrected chi connectivity index (χ4v) is 2.99. The van der Waals surface area contributed by atoms with Crippen molar-refractivity contribution in [3.05, 3.63) is 108 Å². The molecule has 9 heteroatoms. The third-order valence-corrected chi connectivity index (χ3v) is 4.59. The van der Waals surface area contributed by atoms with Crippen LogP contribution in [0.5, 0.6) is 23.0 Å². The Balaban J connectivity index is 1.47. The molecule has 0 amide bonds. The molecule has 4 aromatic rings. The van der Waals surface area contributed by atoms with Gasteiger partial charge in [-0.1, -0.05) is 6.07 Å². The smallest absolute Gasteiger partial charge is 0.201 e. The molecule has 4 rings (SSSR count). The van der Waals surface area contributed by atoms with E-state index >= 15 is 0 Å². The first-order valence-electron chi connectivity index (χ1n) is 9.66. The molecular weight excluding hydrogens is 438 g/mol. The predicted octanol–water partition coefficient (Wildman–Crippen LogP) is 6.34. The molecular formula is C24H17F4N3O2. The number of hydrogen-bond donors (Lipinski definition) is 2. The minimum absolute atomic E-state index is 0.153. The summed E-state index contributed by atoms with van der Waals surface area (Å²) in [7, 11) is 0. The van der Waals surface area contributed by atoms with E-state index in [0.29, 0.717) is 22.9 Å². The maximum atomic E-state index is 13.8. The molecule has 4 aromatic carbocycles. The molecule has 0 aliphatic rings. The minimum Gasteiger partial charge on any atom is -0.457 e. The SMILES string of the molecule is NNN(c1ccc(Oc2ccc(F)c(F)c2)cc1)c1ccc(Oc2cccc(F)c2F)cc1. The Morgan fingerprint density at radius 3 is 1.76 bits per heavy atom. The number of hydrazine groups is 2. The van der Waals surface area contributed by atoms with Gasteiger partial charge in [0.05, 0.1) is 11.4 Å². The van der Waals surface area contributed by atoms with Gasteiger partial charge < -0.3 is 9.47 Å². The highest BCUT2D eigenvalue weighted by Gasteiger charge is 2.12. The van der Waals surface area contributed by atoms with Gasteiger partial charge in [0, 0.05) is 6.07 Å². The van der Waals surface area contributed by atoms with Crippen molar-refractivity contribution in [2.24, 2.45) is 5.84 Å². The van der Waals surface area contributed by atoms with Crippen molar-refractivity contribution < 1.29 is 27.0 Å². The van der Waals surface area contributed by atoms with Crippen LogP contribution in [0.3, 0.4) is 0 Å². The van der Waals surface area contributed by atoms with Crippen molar-refractivity contribution in [1.29, 1.82) is 0 Å². The summed E-state index contributed by atoms with van der Waals surface area (Å²) in [4.78, 5) is 0. The first kappa shape index (κ1) is 22.1. The Hall–Kier alpha value is -4.08. The molecule has 33 heavy (non-hydrogen) atoms. The van der Waals surface area contributed by atoms with Crippen LogP contribution >= 0.6 is 0 Å². The largest absolute Gasteiger partial charge is 0.457 e. The molecule has 0 atom stereocenters. The van der Waals surface area contributed by atoms with Crippen molar-refractivity contribution in [3.63, 3.8) is 0 Å². The fourth-order valence-electron chi connectivity index (χ4n) is 2.99. The van der Waals surface area contributed by atoms with E-state index in [4.69, 9.17) is 15.3 Å². The zero-order valence-electron chi connectivity index (χ0n) is 16.9. The van der Waals surface area contributed by atoms with Crippen LogP contribution in [0.25, 0.3) is 0 Å². The zero-order valence-corrected chi connectivity index (χ0v) is 16.9. The minimum atomic E-state index is -1.07. The standard InChI is InChI=1S/C24H17F4N3O2/c25-20-13-12-19(14-22(20)27)32-17-8-4-15(5-9-17)31(30-29)16-6-10-18(11-7-16)33-23-3-1-2-21(26)24(23)28/h1-14,30H,29H2. The Morgan fingerprint density at radius 2 is 1.18 bits per heavy atom. The van der Waals surface area contributed by atoms with E-state index in [0.717, 1.165) is 18.2 Å². The van der Waals surface area contributed by atoms with E-state index in [2.05, 4.69) is 5.53 Å². The van der Waals surface area contributed by atoms with Crippen LogP contribution in [-0.2, 0) is 0 Å². The molecule has 0 heterocycles. The van der Waals surface area contributed by atoms with E-state index in [1.807, 2.05) is 0 Å². The molecule has 0 radical (unpaired) electrons. The maximum absolute atomic E-state index is 13.8. The summed E-state index contributed by atoms with van der Waals surface area (Å²) in [6.07, 6.45) is 0. The Bertz CT molecular complexity index is 1250. The summed E-state index contributed by atoms with van der Waals surface area (Å²) >= 11 is 0. The van der Waals surface area contributed by atoms with Gasteiger partial charge in [0.1, 0.15) is 17.2 Å². The molecule has 3 N–H and O–H groups in total. The van der Waals surface area contributed by atoms with Crippen LogP contribution in [0.4, 0.5) is 28.9 Å². The molecule has 0 aliphatic heterocycles. The summed E-state index contributed by atoms with van der Waals surface area (Å²) in [6.45, 7) is 0. The van der Waals surface area contributed by atoms with E-state index in [9.17, 15) is 17.6 Å². The molecule has 5 nitrogen and oxygen atoms in total. The number of hydrogen-bond acceptors (Lipinski definition) is 5. The Labute approximate surface area is 186 Å². The Kier molecular flexibility index (Phi) is 6.43. The van der Waals surface area contributed by atoms with E-state index in [1.54, 1.807) is 53.5 Å². The topological polar surface area (TPSA) is 59.8 Å². The fraction of sp³-hybridized carbons (Fsp3) is 0. The molecule has 0 aromatic heterocycles. The van der Waals surface area contributed by atoms with Crippen LogP contribution < -0.4 is 25.9 Å². The number of benzene rings is 4. The zero-order chi connectivity index (χ0) is 23.4. The molecule has 0 fully saturated rings. The lowest BCUT2D eigenvalue weighted by Crippen LogP contribution is -2.39. The van der Waals surface area contributed by atoms with Crippen LogP contribution in [0, 0.1) is 23.3 Å². The lowest BCUT2D eigenvalue weighted by molar-refractivity contribution is 0.416. The van der Waals surface area contributed by atoms with Gasteiger partial charge in [-0.2, -0.15) is 9.93 Å². The van der Waals surface area contributed by atoms with Gasteiger partial charge in [0.25, 0.3) is 0 Å². The molecule has 0 saturated heterocycles. The van der Waals surface area contributed by atoms with Gasteiger partial charge in [0.2, 0.25) is 5.82 Å². The third-order valence-electron chi connectivity index (χ3n) is 4.59. The highest BCUT2D eigenvalue weighted by Crippen LogP contribution is 2.31. The van der Waals surface area contributed by atoms with Gasteiger partial charge in [-0.3, -0.25) is 10.9 Å². The lowest BCUT2D eigenvalue weighted by atomic mass is 10.2. The molecule has 0 spiro atoms. The number of nitrogens with one attached hydrogen (secondary N) is 1. The highest BCUT2D eigenvalue weighted by atomic mass is 19.2. The highest BCUT2D eigenvalue weighted by molar-refractivity contribution is 5.63. The number of anilines is 2. The first-order chi connectivity index (χ1) is 15.9. The summed E-state index contributed by atoms with van der Waals surface area (Å²) in [5, 5.41) is 1.55. The van der Waals surface area contributed by atoms with E-state index in [-0.39, 0.29) is 11.5 Å².